The van der Waals surface area contributed by atoms with Crippen LogP contribution < -0.4 is 4.90 Å². The Kier molecular flexibility index (Phi) is 5.69. The van der Waals surface area contributed by atoms with Crippen molar-refractivity contribution in [3.8, 4) is 11.3 Å². The summed E-state index contributed by atoms with van der Waals surface area (Å²) < 4.78 is 1.97. The summed E-state index contributed by atoms with van der Waals surface area (Å²) in [5.41, 5.74) is 10.4. The molecule has 1 amide bonds. The first-order valence-corrected chi connectivity index (χ1v) is 11.4. The van der Waals surface area contributed by atoms with Gasteiger partial charge in [-0.15, -0.1) is 0 Å². The van der Waals surface area contributed by atoms with E-state index >= 15 is 0 Å². The summed E-state index contributed by atoms with van der Waals surface area (Å²) in [6, 6.07) is 8.61. The number of amides is 1. The number of nitrogens with zero attached hydrogens (tertiary/aromatic N) is 4. The highest BCUT2D eigenvalue weighted by Gasteiger charge is 2.32. The van der Waals surface area contributed by atoms with Crippen molar-refractivity contribution in [2.75, 3.05) is 11.4 Å². The summed E-state index contributed by atoms with van der Waals surface area (Å²) in [5.74, 6) is 0.0409. The first-order valence-electron chi connectivity index (χ1n) is 11.4. The Morgan fingerprint density at radius 1 is 1.00 bits per heavy atom. The minimum Gasteiger partial charge on any atom is -0.304 e. The van der Waals surface area contributed by atoms with Crippen LogP contribution in [-0.2, 0) is 25.8 Å². The topological polar surface area (TPSA) is 51.0 Å². The normalized spacial score (nSPS) is 13.6. The van der Waals surface area contributed by atoms with E-state index in [2.05, 4.69) is 50.1 Å². The molecule has 3 aromatic rings. The van der Waals surface area contributed by atoms with Crippen molar-refractivity contribution in [2.45, 2.75) is 67.3 Å². The molecule has 5 nitrogen and oxygen atoms in total. The van der Waals surface area contributed by atoms with E-state index in [1.807, 2.05) is 30.4 Å². The minimum atomic E-state index is 0.0409. The molecule has 0 bridgehead atoms. The molecule has 31 heavy (non-hydrogen) atoms. The van der Waals surface area contributed by atoms with E-state index in [1.54, 1.807) is 0 Å². The van der Waals surface area contributed by atoms with E-state index in [0.29, 0.717) is 6.54 Å². The molecule has 0 saturated carbocycles. The zero-order valence-electron chi connectivity index (χ0n) is 19.5. The first kappa shape index (κ1) is 21.3. The number of aromatic nitrogens is 3. The van der Waals surface area contributed by atoms with E-state index in [4.69, 9.17) is 4.98 Å². The van der Waals surface area contributed by atoms with E-state index < -0.39 is 0 Å². The molecule has 0 aliphatic carbocycles. The molecule has 1 aliphatic rings. The molecule has 0 saturated heterocycles. The molecule has 162 valence electrons. The fraction of sp³-hybridized carbons (Fsp3) is 0.423. The van der Waals surface area contributed by atoms with Gasteiger partial charge >= 0.3 is 0 Å². The first-order chi connectivity index (χ1) is 14.9. The number of carbonyl (C=O) groups is 1. The fourth-order valence-corrected chi connectivity index (χ4v) is 4.96. The molecule has 2 aromatic heterocycles. The third-order valence-corrected chi connectivity index (χ3v) is 6.49. The van der Waals surface area contributed by atoms with Crippen LogP contribution in [0.4, 0.5) is 5.69 Å². The Balaban J connectivity index is 1.80. The average Bonchev–Trinajstić information content (AvgIpc) is 3.06. The van der Waals surface area contributed by atoms with Gasteiger partial charge in [-0.2, -0.15) is 5.10 Å². The smallest absolute Gasteiger partial charge is 0.260 e. The predicted octanol–water partition coefficient (Wildman–Crippen LogP) is 5.22. The number of rotatable bonds is 5. The zero-order valence-corrected chi connectivity index (χ0v) is 19.5. The maximum atomic E-state index is 13.6. The van der Waals surface area contributed by atoms with Crippen LogP contribution in [0.2, 0.25) is 0 Å². The van der Waals surface area contributed by atoms with Crippen LogP contribution in [0.15, 0.2) is 24.3 Å². The molecule has 0 fully saturated rings. The van der Waals surface area contributed by atoms with Gasteiger partial charge in [0.2, 0.25) is 0 Å². The molecule has 3 heterocycles. The monoisotopic (exact) mass is 416 g/mol. The van der Waals surface area contributed by atoms with Crippen molar-refractivity contribution >= 4 is 11.6 Å². The predicted molar refractivity (Wildman–Crippen MR) is 126 cm³/mol. The van der Waals surface area contributed by atoms with E-state index in [1.165, 1.54) is 16.7 Å². The number of hydrogen-bond donors (Lipinski definition) is 0. The number of pyridine rings is 1. The molecular formula is C26H32N4O. The number of anilines is 1. The molecule has 0 N–H and O–H groups in total. The largest absolute Gasteiger partial charge is 0.304 e. The summed E-state index contributed by atoms with van der Waals surface area (Å²) in [7, 11) is 0. The highest BCUT2D eigenvalue weighted by Crippen LogP contribution is 2.34. The number of hydrogen-bond acceptors (Lipinski definition) is 3. The summed E-state index contributed by atoms with van der Waals surface area (Å²) in [6.07, 6.45) is 2.68. The maximum absolute atomic E-state index is 13.6. The standard InChI is InChI=1S/C26H32N4O/c1-7-19-11-10-12-20(8-2)24(19)22-15-16(4)23-21(27-22)13-14-29(26(23)31)25-17(5)28-30(9-3)18(25)6/h10-12,15H,7-9,13-14H2,1-6H3. The Morgan fingerprint density at radius 2 is 1.68 bits per heavy atom. The van der Waals surface area contributed by atoms with E-state index in [9.17, 15) is 4.79 Å². The Hall–Kier alpha value is -2.95. The van der Waals surface area contributed by atoms with Gasteiger partial charge in [-0.05, 0) is 63.3 Å². The number of carbonyl (C=O) groups excluding carboxylic acids is 1. The quantitative estimate of drug-likeness (QED) is 0.573. The lowest BCUT2D eigenvalue weighted by Gasteiger charge is -2.30. The third kappa shape index (κ3) is 3.46. The molecule has 1 aliphatic heterocycles. The van der Waals surface area contributed by atoms with Gasteiger partial charge < -0.3 is 4.90 Å². The van der Waals surface area contributed by atoms with Crippen molar-refractivity contribution < 1.29 is 4.79 Å². The maximum Gasteiger partial charge on any atom is 0.260 e. The molecule has 0 radical (unpaired) electrons. The molecule has 1 aromatic carbocycles. The van der Waals surface area contributed by atoms with Gasteiger partial charge in [-0.3, -0.25) is 14.5 Å². The Bertz CT molecular complexity index is 1140. The summed E-state index contributed by atoms with van der Waals surface area (Å²) >= 11 is 0. The summed E-state index contributed by atoms with van der Waals surface area (Å²) in [5, 5.41) is 4.62. The Labute approximate surface area is 185 Å². The van der Waals surface area contributed by atoms with Crippen molar-refractivity contribution in [2.24, 2.45) is 0 Å². The van der Waals surface area contributed by atoms with E-state index in [0.717, 1.165) is 65.4 Å². The second-order valence-electron chi connectivity index (χ2n) is 8.35. The molecule has 0 atom stereocenters. The zero-order chi connectivity index (χ0) is 22.3. The van der Waals surface area contributed by atoms with Crippen LogP contribution in [0.5, 0.6) is 0 Å². The van der Waals surface area contributed by atoms with Gasteiger partial charge in [-0.1, -0.05) is 32.0 Å². The lowest BCUT2D eigenvalue weighted by Crippen LogP contribution is -2.39. The lowest BCUT2D eigenvalue weighted by atomic mass is 9.91. The van der Waals surface area contributed by atoms with Crippen LogP contribution >= 0.6 is 0 Å². The fourth-order valence-electron chi connectivity index (χ4n) is 4.96. The molecule has 5 heteroatoms. The van der Waals surface area contributed by atoms with Crippen LogP contribution in [0, 0.1) is 20.8 Å². The van der Waals surface area contributed by atoms with Crippen LogP contribution in [0.25, 0.3) is 11.3 Å². The van der Waals surface area contributed by atoms with Crippen molar-refractivity contribution in [3.05, 3.63) is 63.6 Å². The van der Waals surface area contributed by atoms with Gasteiger partial charge in [0.25, 0.3) is 5.91 Å². The number of benzene rings is 1. The van der Waals surface area contributed by atoms with Crippen LogP contribution in [-0.4, -0.2) is 27.2 Å². The van der Waals surface area contributed by atoms with Crippen LogP contribution in [0.1, 0.15) is 64.9 Å². The molecular weight excluding hydrogens is 384 g/mol. The Morgan fingerprint density at radius 3 is 2.26 bits per heavy atom. The highest BCUT2D eigenvalue weighted by atomic mass is 16.2. The van der Waals surface area contributed by atoms with Gasteiger partial charge in [-0.25, -0.2) is 0 Å². The van der Waals surface area contributed by atoms with Gasteiger partial charge in [0.1, 0.15) is 0 Å². The SMILES string of the molecule is CCc1cccc(CC)c1-c1cc(C)c2c(n1)CCN(c1c(C)nn(CC)c1C)C2=O. The summed E-state index contributed by atoms with van der Waals surface area (Å²) in [6.45, 7) is 14.0. The van der Waals surface area contributed by atoms with Crippen molar-refractivity contribution in [1.82, 2.24) is 14.8 Å². The third-order valence-electron chi connectivity index (χ3n) is 6.49. The van der Waals surface area contributed by atoms with Gasteiger partial charge in [0, 0.05) is 25.1 Å². The highest BCUT2D eigenvalue weighted by molar-refractivity contribution is 6.09. The molecule has 0 unspecified atom stereocenters. The molecule has 0 spiro atoms. The van der Waals surface area contributed by atoms with Gasteiger partial charge in [0.15, 0.2) is 0 Å². The second kappa shape index (κ2) is 8.29. The summed E-state index contributed by atoms with van der Waals surface area (Å²) in [4.78, 5) is 20.5. The van der Waals surface area contributed by atoms with Crippen molar-refractivity contribution in [1.29, 1.82) is 0 Å². The second-order valence-corrected chi connectivity index (χ2v) is 8.35. The lowest BCUT2D eigenvalue weighted by molar-refractivity contribution is 0.0979. The van der Waals surface area contributed by atoms with E-state index in [-0.39, 0.29) is 5.91 Å². The number of aryl methyl sites for hydroxylation is 5. The van der Waals surface area contributed by atoms with Gasteiger partial charge in [0.05, 0.1) is 34.0 Å². The number of fused-ring (bicyclic) bond motifs is 1. The van der Waals surface area contributed by atoms with Crippen molar-refractivity contribution in [3.63, 3.8) is 0 Å². The average molecular weight is 417 g/mol. The van der Waals surface area contributed by atoms with Crippen LogP contribution in [0.3, 0.4) is 0 Å². The minimum absolute atomic E-state index is 0.0409. The molecule has 4 rings (SSSR count).